The monoisotopic (exact) mass is 256 g/mol. The highest BCUT2D eigenvalue weighted by molar-refractivity contribution is 5.93. The van der Waals surface area contributed by atoms with Crippen LogP contribution >= 0.6 is 0 Å². The summed E-state index contributed by atoms with van der Waals surface area (Å²) >= 11 is 0. The molecule has 1 aliphatic carbocycles. The van der Waals surface area contributed by atoms with Gasteiger partial charge in [-0.3, -0.25) is 4.79 Å². The number of hydrogen-bond acceptors (Lipinski definition) is 1. The lowest BCUT2D eigenvalue weighted by atomic mass is 9.56. The van der Waals surface area contributed by atoms with Crippen LogP contribution in [0.1, 0.15) is 43.7 Å². The van der Waals surface area contributed by atoms with Crippen molar-refractivity contribution in [3.8, 4) is 0 Å². The topological polar surface area (TPSA) is 17.1 Å². The first kappa shape index (κ1) is 13.1. The van der Waals surface area contributed by atoms with E-state index in [9.17, 15) is 18.0 Å². The first-order chi connectivity index (χ1) is 8.30. The molecule has 0 radical (unpaired) electrons. The summed E-state index contributed by atoms with van der Waals surface area (Å²) in [5.41, 5.74) is -0.988. The van der Waals surface area contributed by atoms with Gasteiger partial charge in [-0.1, -0.05) is 32.0 Å². The number of hydrogen-bond donors (Lipinski definition) is 0. The third-order valence-corrected chi connectivity index (χ3v) is 4.17. The predicted octanol–water partition coefficient (Wildman–Crippen LogP) is 4.18. The van der Waals surface area contributed by atoms with Gasteiger partial charge in [-0.25, -0.2) is 0 Å². The smallest absolute Gasteiger partial charge is 0.299 e. The van der Waals surface area contributed by atoms with Gasteiger partial charge in [-0.15, -0.1) is 0 Å². The highest BCUT2D eigenvalue weighted by Gasteiger charge is 2.52. The molecule has 1 saturated carbocycles. The van der Waals surface area contributed by atoms with Gasteiger partial charge in [0.15, 0.2) is 0 Å². The number of ketones is 1. The first-order valence-corrected chi connectivity index (χ1v) is 6.00. The number of benzene rings is 1. The van der Waals surface area contributed by atoms with Gasteiger partial charge in [0.25, 0.3) is 0 Å². The van der Waals surface area contributed by atoms with Crippen molar-refractivity contribution in [3.63, 3.8) is 0 Å². The summed E-state index contributed by atoms with van der Waals surface area (Å²) in [7, 11) is 0. The molecule has 2 unspecified atom stereocenters. The van der Waals surface area contributed by atoms with Gasteiger partial charge >= 0.3 is 6.18 Å². The van der Waals surface area contributed by atoms with E-state index in [1.165, 1.54) is 12.1 Å². The van der Waals surface area contributed by atoms with Crippen molar-refractivity contribution in [2.75, 3.05) is 0 Å². The minimum Gasteiger partial charge on any atom is -0.299 e. The van der Waals surface area contributed by atoms with Crippen molar-refractivity contribution >= 4 is 5.78 Å². The molecule has 0 bridgehead atoms. The van der Waals surface area contributed by atoms with Crippen molar-refractivity contribution in [1.29, 1.82) is 0 Å². The van der Waals surface area contributed by atoms with E-state index in [-0.39, 0.29) is 23.7 Å². The minimum atomic E-state index is -4.36. The molecule has 1 aliphatic rings. The van der Waals surface area contributed by atoms with Gasteiger partial charge in [-0.2, -0.15) is 13.2 Å². The van der Waals surface area contributed by atoms with E-state index < -0.39 is 17.2 Å². The molecule has 18 heavy (non-hydrogen) atoms. The molecule has 0 spiro atoms. The van der Waals surface area contributed by atoms with Crippen LogP contribution in [0.2, 0.25) is 0 Å². The van der Waals surface area contributed by atoms with Gasteiger partial charge in [0.2, 0.25) is 0 Å². The fraction of sp³-hybridized carbons (Fsp3) is 0.500. The van der Waals surface area contributed by atoms with Crippen LogP contribution in [0.4, 0.5) is 13.2 Å². The maximum atomic E-state index is 12.9. The van der Waals surface area contributed by atoms with Gasteiger partial charge in [0.1, 0.15) is 5.78 Å². The fourth-order valence-corrected chi connectivity index (χ4v) is 2.66. The summed E-state index contributed by atoms with van der Waals surface area (Å²) in [5, 5.41) is 0. The molecule has 2 rings (SSSR count). The third kappa shape index (κ3) is 1.84. The molecule has 1 fully saturated rings. The molecular weight excluding hydrogens is 241 g/mol. The molecule has 0 amide bonds. The van der Waals surface area contributed by atoms with E-state index >= 15 is 0 Å². The zero-order valence-electron chi connectivity index (χ0n) is 10.3. The van der Waals surface area contributed by atoms with Crippen LogP contribution in [0.15, 0.2) is 24.3 Å². The van der Waals surface area contributed by atoms with Crippen LogP contribution in [0.3, 0.4) is 0 Å². The van der Waals surface area contributed by atoms with Gasteiger partial charge in [0.05, 0.1) is 5.56 Å². The zero-order chi connectivity index (χ0) is 13.6. The number of halogens is 3. The molecular formula is C14H15F3O. The molecule has 0 saturated heterocycles. The molecule has 4 heteroatoms. The lowest BCUT2D eigenvalue weighted by Gasteiger charge is -2.46. The van der Waals surface area contributed by atoms with Crippen LogP contribution in [0.25, 0.3) is 0 Å². The van der Waals surface area contributed by atoms with E-state index in [1.54, 1.807) is 13.0 Å². The first-order valence-electron chi connectivity index (χ1n) is 6.00. The van der Waals surface area contributed by atoms with Gasteiger partial charge in [-0.05, 0) is 18.1 Å². The Hall–Kier alpha value is -1.32. The van der Waals surface area contributed by atoms with E-state index in [2.05, 4.69) is 0 Å². The summed E-state index contributed by atoms with van der Waals surface area (Å²) in [5.74, 6) is -0.250. The standard InChI is InChI=1S/C14H15F3O/c1-3-13(2)11(8-12(13)18)9-6-4-5-7-10(9)14(15,16)17/h4-7,11H,3,8H2,1-2H3. The van der Waals surface area contributed by atoms with E-state index in [0.29, 0.717) is 6.42 Å². The number of carbonyl (C=O) groups excluding carboxylic acids is 1. The van der Waals surface area contributed by atoms with Crippen LogP contribution in [0, 0.1) is 5.41 Å². The number of rotatable bonds is 2. The second kappa shape index (κ2) is 4.11. The number of carbonyl (C=O) groups is 1. The molecule has 1 nitrogen and oxygen atoms in total. The molecule has 0 aliphatic heterocycles. The van der Waals surface area contributed by atoms with Crippen LogP contribution in [-0.4, -0.2) is 5.78 Å². The Morgan fingerprint density at radius 1 is 1.33 bits per heavy atom. The molecule has 0 heterocycles. The normalized spacial score (nSPS) is 28.1. The molecule has 1 aromatic rings. The third-order valence-electron chi connectivity index (χ3n) is 4.17. The highest BCUT2D eigenvalue weighted by atomic mass is 19.4. The van der Waals surface area contributed by atoms with Crippen molar-refractivity contribution in [2.24, 2.45) is 5.41 Å². The molecule has 98 valence electrons. The SMILES string of the molecule is CCC1(C)C(=O)CC1c1ccccc1C(F)(F)F. The molecule has 1 aromatic carbocycles. The Morgan fingerprint density at radius 2 is 1.94 bits per heavy atom. The van der Waals surface area contributed by atoms with Crippen molar-refractivity contribution in [3.05, 3.63) is 35.4 Å². The quantitative estimate of drug-likeness (QED) is 0.775. The molecule has 2 atom stereocenters. The van der Waals surface area contributed by atoms with Crippen LogP contribution in [0.5, 0.6) is 0 Å². The van der Waals surface area contributed by atoms with Crippen molar-refractivity contribution < 1.29 is 18.0 Å². The Morgan fingerprint density at radius 3 is 2.44 bits per heavy atom. The van der Waals surface area contributed by atoms with Crippen LogP contribution in [-0.2, 0) is 11.0 Å². The van der Waals surface area contributed by atoms with Crippen molar-refractivity contribution in [1.82, 2.24) is 0 Å². The minimum absolute atomic E-state index is 0.0620. The summed E-state index contributed by atoms with van der Waals surface area (Å²) < 4.78 is 38.8. The number of Topliss-reactive ketones (excluding diaryl/α,β-unsaturated/α-hetero) is 1. The molecule has 0 N–H and O–H groups in total. The second-order valence-corrected chi connectivity index (χ2v) is 5.04. The number of alkyl halides is 3. The highest BCUT2D eigenvalue weighted by Crippen LogP contribution is 2.54. The van der Waals surface area contributed by atoms with Gasteiger partial charge < -0.3 is 0 Å². The van der Waals surface area contributed by atoms with E-state index in [4.69, 9.17) is 0 Å². The summed E-state index contributed by atoms with van der Waals surface area (Å²) in [4.78, 5) is 11.6. The predicted molar refractivity (Wildman–Crippen MR) is 62.2 cm³/mol. The summed E-state index contributed by atoms with van der Waals surface area (Å²) in [6.07, 6.45) is -3.57. The maximum Gasteiger partial charge on any atom is 0.416 e. The Kier molecular flexibility index (Phi) is 2.99. The Bertz CT molecular complexity index is 478. The molecule has 0 aromatic heterocycles. The average Bonchev–Trinajstić information content (AvgIpc) is 2.33. The largest absolute Gasteiger partial charge is 0.416 e. The summed E-state index contributed by atoms with van der Waals surface area (Å²) in [6, 6.07) is 5.57. The lowest BCUT2D eigenvalue weighted by molar-refractivity contribution is -0.144. The maximum absolute atomic E-state index is 12.9. The van der Waals surface area contributed by atoms with Crippen LogP contribution < -0.4 is 0 Å². The van der Waals surface area contributed by atoms with E-state index in [1.807, 2.05) is 6.92 Å². The average molecular weight is 256 g/mol. The Balaban J connectivity index is 2.45. The second-order valence-electron chi connectivity index (χ2n) is 5.04. The lowest BCUT2D eigenvalue weighted by Crippen LogP contribution is -2.46. The Labute approximate surface area is 104 Å². The van der Waals surface area contributed by atoms with E-state index in [0.717, 1.165) is 6.07 Å². The fourth-order valence-electron chi connectivity index (χ4n) is 2.66. The van der Waals surface area contributed by atoms with Crippen molar-refractivity contribution in [2.45, 2.75) is 38.8 Å². The zero-order valence-corrected chi connectivity index (χ0v) is 10.3. The van der Waals surface area contributed by atoms with Gasteiger partial charge in [0, 0.05) is 17.8 Å². The summed E-state index contributed by atoms with van der Waals surface area (Å²) in [6.45, 7) is 3.61.